The number of nitriles is 2. The molecule has 3 rings (SSSR count). The van der Waals surface area contributed by atoms with Crippen LogP contribution in [0, 0.1) is 22.7 Å². The van der Waals surface area contributed by atoms with Crippen LogP contribution in [-0.2, 0) is 4.79 Å². The van der Waals surface area contributed by atoms with E-state index in [1.165, 1.54) is 11.3 Å². The van der Waals surface area contributed by atoms with Crippen molar-refractivity contribution in [1.29, 1.82) is 10.5 Å². The highest BCUT2D eigenvalue weighted by Crippen LogP contribution is 2.37. The van der Waals surface area contributed by atoms with Crippen molar-refractivity contribution in [1.82, 2.24) is 4.98 Å². The molecule has 0 saturated carbocycles. The first-order valence-electron chi connectivity index (χ1n) is 7.99. The molecule has 2 heterocycles. The van der Waals surface area contributed by atoms with Gasteiger partial charge < -0.3 is 11.1 Å². The van der Waals surface area contributed by atoms with Gasteiger partial charge in [0.05, 0.1) is 11.3 Å². The third kappa shape index (κ3) is 4.81. The van der Waals surface area contributed by atoms with E-state index >= 15 is 0 Å². The molecule has 0 aliphatic carbocycles. The lowest BCUT2D eigenvalue weighted by atomic mass is 10.0. The molecule has 1 aromatic carbocycles. The second kappa shape index (κ2) is 9.17. The van der Waals surface area contributed by atoms with Crippen molar-refractivity contribution in [3.63, 3.8) is 0 Å². The van der Waals surface area contributed by atoms with E-state index in [1.54, 1.807) is 24.3 Å². The van der Waals surface area contributed by atoms with Crippen LogP contribution < -0.4 is 11.1 Å². The number of pyridine rings is 1. The van der Waals surface area contributed by atoms with Crippen LogP contribution in [0.5, 0.6) is 0 Å². The molecule has 3 N–H and O–H groups in total. The topological polar surface area (TPSA) is 116 Å². The standard InChI is InChI=1S/C19H11Cl2N5OS2/c20-10-4-11(21)6-12(5-10)25-16(27)9-29-19-14(8-23)17(15-2-1-3-28-15)13(7-22)18(24)26-19/h1-6H,9H2,(H2,24,26)(H,25,27). The molecule has 10 heteroatoms. The van der Waals surface area contributed by atoms with E-state index in [4.69, 9.17) is 28.9 Å². The van der Waals surface area contributed by atoms with Crippen LogP contribution in [0.1, 0.15) is 11.1 Å². The lowest BCUT2D eigenvalue weighted by Gasteiger charge is -2.12. The number of amides is 1. The van der Waals surface area contributed by atoms with Gasteiger partial charge in [0.2, 0.25) is 5.91 Å². The average Bonchev–Trinajstić information content (AvgIpc) is 3.19. The first-order valence-corrected chi connectivity index (χ1v) is 10.6. The zero-order valence-electron chi connectivity index (χ0n) is 14.6. The quantitative estimate of drug-likeness (QED) is 0.508. The number of nitrogen functional groups attached to an aromatic ring is 1. The number of anilines is 2. The van der Waals surface area contributed by atoms with Crippen LogP contribution in [0.3, 0.4) is 0 Å². The van der Waals surface area contributed by atoms with E-state index in [2.05, 4.69) is 16.4 Å². The third-order valence-electron chi connectivity index (χ3n) is 3.67. The largest absolute Gasteiger partial charge is 0.383 e. The zero-order valence-corrected chi connectivity index (χ0v) is 17.7. The SMILES string of the molecule is N#Cc1c(N)nc(SCC(=O)Nc2cc(Cl)cc(Cl)c2)c(C#N)c1-c1cccs1. The van der Waals surface area contributed by atoms with Crippen molar-refractivity contribution >= 4 is 63.7 Å². The van der Waals surface area contributed by atoms with Gasteiger partial charge >= 0.3 is 0 Å². The molecule has 6 nitrogen and oxygen atoms in total. The van der Waals surface area contributed by atoms with Gasteiger partial charge in [-0.25, -0.2) is 4.98 Å². The summed E-state index contributed by atoms with van der Waals surface area (Å²) in [7, 11) is 0. The number of carbonyl (C=O) groups is 1. The fourth-order valence-electron chi connectivity index (χ4n) is 2.53. The Kier molecular flexibility index (Phi) is 6.63. The van der Waals surface area contributed by atoms with Crippen LogP contribution in [0.15, 0.2) is 40.7 Å². The molecule has 0 radical (unpaired) electrons. The van der Waals surface area contributed by atoms with Gasteiger partial charge in [-0.15, -0.1) is 11.3 Å². The molecule has 0 saturated heterocycles. The molecule has 1 amide bonds. The maximum absolute atomic E-state index is 12.3. The van der Waals surface area contributed by atoms with Crippen LogP contribution in [0.25, 0.3) is 10.4 Å². The molecule has 3 aromatic rings. The van der Waals surface area contributed by atoms with Crippen molar-refractivity contribution < 1.29 is 4.79 Å². The minimum Gasteiger partial charge on any atom is -0.383 e. The van der Waals surface area contributed by atoms with Gasteiger partial charge in [-0.3, -0.25) is 4.79 Å². The van der Waals surface area contributed by atoms with Crippen molar-refractivity contribution in [2.45, 2.75) is 5.03 Å². The van der Waals surface area contributed by atoms with E-state index < -0.39 is 0 Å². The summed E-state index contributed by atoms with van der Waals surface area (Å²) < 4.78 is 0. The third-order valence-corrected chi connectivity index (χ3v) is 5.97. The summed E-state index contributed by atoms with van der Waals surface area (Å²) in [4.78, 5) is 17.2. The number of rotatable bonds is 5. The Balaban J connectivity index is 1.87. The number of nitrogens with two attached hydrogens (primary N) is 1. The number of carbonyl (C=O) groups excluding carboxylic acids is 1. The van der Waals surface area contributed by atoms with Gasteiger partial charge in [0.1, 0.15) is 28.5 Å². The molecule has 0 unspecified atom stereocenters. The Morgan fingerprint density at radius 3 is 2.48 bits per heavy atom. The molecule has 0 atom stereocenters. The predicted octanol–water partition coefficient (Wildman–Crippen LogP) is 5.17. The monoisotopic (exact) mass is 459 g/mol. The summed E-state index contributed by atoms with van der Waals surface area (Å²) in [6, 6.07) is 12.4. The number of hydrogen-bond acceptors (Lipinski definition) is 7. The molecule has 0 aliphatic rings. The van der Waals surface area contributed by atoms with E-state index in [0.717, 1.165) is 16.6 Å². The van der Waals surface area contributed by atoms with Crippen molar-refractivity contribution in [2.24, 2.45) is 0 Å². The first kappa shape index (κ1) is 21.0. The maximum atomic E-state index is 12.3. The first-order chi connectivity index (χ1) is 13.9. The highest BCUT2D eigenvalue weighted by molar-refractivity contribution is 8.00. The number of nitrogens with zero attached hydrogens (tertiary/aromatic N) is 3. The normalized spacial score (nSPS) is 10.2. The van der Waals surface area contributed by atoms with Gasteiger partial charge in [0.25, 0.3) is 0 Å². The van der Waals surface area contributed by atoms with Crippen LogP contribution in [0.4, 0.5) is 11.5 Å². The summed E-state index contributed by atoms with van der Waals surface area (Å²) in [5, 5.41) is 24.8. The lowest BCUT2D eigenvalue weighted by molar-refractivity contribution is -0.113. The van der Waals surface area contributed by atoms with Gasteiger partial charge in [0, 0.05) is 26.2 Å². The predicted molar refractivity (Wildman–Crippen MR) is 117 cm³/mol. The smallest absolute Gasteiger partial charge is 0.234 e. The van der Waals surface area contributed by atoms with Crippen molar-refractivity contribution in [3.8, 4) is 22.6 Å². The number of hydrogen-bond donors (Lipinski definition) is 2. The summed E-state index contributed by atoms with van der Waals surface area (Å²) in [5.41, 5.74) is 7.19. The van der Waals surface area contributed by atoms with Crippen molar-refractivity contribution in [2.75, 3.05) is 16.8 Å². The Morgan fingerprint density at radius 2 is 1.90 bits per heavy atom. The fourth-order valence-corrected chi connectivity index (χ4v) is 4.63. The summed E-state index contributed by atoms with van der Waals surface area (Å²) in [6.07, 6.45) is 0. The maximum Gasteiger partial charge on any atom is 0.234 e. The summed E-state index contributed by atoms with van der Waals surface area (Å²) >= 11 is 14.3. The molecule has 2 aromatic heterocycles. The Bertz CT molecular complexity index is 1150. The molecule has 0 aliphatic heterocycles. The zero-order chi connectivity index (χ0) is 21.0. The van der Waals surface area contributed by atoms with Crippen LogP contribution in [-0.4, -0.2) is 16.6 Å². The summed E-state index contributed by atoms with van der Waals surface area (Å²) in [5.74, 6) is -0.347. The fraction of sp³-hybridized carbons (Fsp3) is 0.0526. The second-order valence-electron chi connectivity index (χ2n) is 5.62. The lowest BCUT2D eigenvalue weighted by Crippen LogP contribution is -2.14. The number of thiophene rings is 1. The van der Waals surface area contributed by atoms with E-state index in [9.17, 15) is 15.3 Å². The van der Waals surface area contributed by atoms with Gasteiger partial charge in [0.15, 0.2) is 0 Å². The Hall–Kier alpha value is -2.75. The number of aromatic nitrogens is 1. The highest BCUT2D eigenvalue weighted by Gasteiger charge is 2.21. The van der Waals surface area contributed by atoms with Crippen molar-refractivity contribution in [3.05, 3.63) is 56.9 Å². The second-order valence-corrected chi connectivity index (χ2v) is 8.41. The number of nitrogens with one attached hydrogen (secondary N) is 1. The van der Waals surface area contributed by atoms with Gasteiger partial charge in [-0.05, 0) is 29.6 Å². The van der Waals surface area contributed by atoms with E-state index in [0.29, 0.717) is 21.3 Å². The Labute approximate surface area is 184 Å². The molecule has 0 fully saturated rings. The molecule has 144 valence electrons. The molecule has 29 heavy (non-hydrogen) atoms. The van der Waals surface area contributed by atoms with Crippen LogP contribution >= 0.6 is 46.3 Å². The van der Waals surface area contributed by atoms with Crippen LogP contribution in [0.2, 0.25) is 10.0 Å². The Morgan fingerprint density at radius 1 is 1.21 bits per heavy atom. The number of benzene rings is 1. The molecular formula is C19H11Cl2N5OS2. The molecular weight excluding hydrogens is 449 g/mol. The minimum absolute atomic E-state index is 0.0134. The average molecular weight is 460 g/mol. The minimum atomic E-state index is -0.334. The number of halogens is 2. The number of thioether (sulfide) groups is 1. The molecule has 0 bridgehead atoms. The summed E-state index contributed by atoms with van der Waals surface area (Å²) in [6.45, 7) is 0. The molecule has 0 spiro atoms. The van der Waals surface area contributed by atoms with E-state index in [1.807, 2.05) is 17.5 Å². The van der Waals surface area contributed by atoms with Gasteiger partial charge in [-0.2, -0.15) is 10.5 Å². The van der Waals surface area contributed by atoms with E-state index in [-0.39, 0.29) is 33.6 Å². The van der Waals surface area contributed by atoms with Gasteiger partial charge in [-0.1, -0.05) is 41.0 Å². The highest BCUT2D eigenvalue weighted by atomic mass is 35.5.